The Bertz CT molecular complexity index is 507. The Morgan fingerprint density at radius 3 is 2.85 bits per heavy atom. The molecule has 2 rings (SSSR count). The molecule has 1 aromatic rings. The number of hydrogen-bond donors (Lipinski definition) is 2. The molecular formula is C12H12F4N2OS. The van der Waals surface area contributed by atoms with Crippen LogP contribution in [0.3, 0.4) is 0 Å². The molecule has 2 amide bonds. The highest BCUT2D eigenvalue weighted by atomic mass is 32.2. The van der Waals surface area contributed by atoms with Crippen LogP contribution in [0.15, 0.2) is 23.1 Å². The van der Waals surface area contributed by atoms with Gasteiger partial charge in [0.05, 0.1) is 6.04 Å². The number of fused-ring (bicyclic) bond motifs is 1. The summed E-state index contributed by atoms with van der Waals surface area (Å²) >= 11 is 1.53. The van der Waals surface area contributed by atoms with E-state index in [1.54, 1.807) is 11.4 Å². The minimum absolute atomic E-state index is 0.436. The van der Waals surface area contributed by atoms with E-state index in [0.717, 1.165) is 4.90 Å². The molecule has 8 heteroatoms. The molecule has 0 bridgehead atoms. The maximum absolute atomic E-state index is 13.2. The minimum Gasteiger partial charge on any atom is -0.331 e. The predicted molar refractivity (Wildman–Crippen MR) is 67.1 cm³/mol. The smallest absolute Gasteiger partial charge is 0.331 e. The number of benzene rings is 1. The second-order valence-electron chi connectivity index (χ2n) is 4.31. The van der Waals surface area contributed by atoms with Gasteiger partial charge in [0.15, 0.2) is 0 Å². The van der Waals surface area contributed by atoms with Gasteiger partial charge in [-0.3, -0.25) is 0 Å². The first kappa shape index (κ1) is 15.0. The van der Waals surface area contributed by atoms with E-state index in [9.17, 15) is 22.4 Å². The Morgan fingerprint density at radius 1 is 1.40 bits per heavy atom. The molecule has 1 aromatic carbocycles. The topological polar surface area (TPSA) is 41.1 Å². The van der Waals surface area contributed by atoms with Crippen LogP contribution < -0.4 is 10.6 Å². The number of urea groups is 1. The molecule has 1 aliphatic rings. The van der Waals surface area contributed by atoms with Gasteiger partial charge in [0.25, 0.3) is 0 Å². The van der Waals surface area contributed by atoms with Crippen molar-refractivity contribution in [2.75, 3.05) is 12.3 Å². The molecule has 2 N–H and O–H groups in total. The summed E-state index contributed by atoms with van der Waals surface area (Å²) in [7, 11) is 0. The van der Waals surface area contributed by atoms with Gasteiger partial charge in [-0.2, -0.15) is 13.2 Å². The van der Waals surface area contributed by atoms with E-state index in [1.165, 1.54) is 23.9 Å². The third-order valence-electron chi connectivity index (χ3n) is 2.77. The highest BCUT2D eigenvalue weighted by Crippen LogP contribution is 2.36. The highest BCUT2D eigenvalue weighted by Gasteiger charge is 2.29. The van der Waals surface area contributed by atoms with Gasteiger partial charge in [0.2, 0.25) is 0 Å². The van der Waals surface area contributed by atoms with Gasteiger partial charge in [-0.15, -0.1) is 11.8 Å². The fourth-order valence-electron chi connectivity index (χ4n) is 1.91. The summed E-state index contributed by atoms with van der Waals surface area (Å²) in [5.41, 5.74) is 0.600. The van der Waals surface area contributed by atoms with Gasteiger partial charge in [-0.05, 0) is 30.2 Å². The number of halogens is 4. The number of thioether (sulfide) groups is 1. The van der Waals surface area contributed by atoms with E-state index in [-0.39, 0.29) is 0 Å². The molecule has 0 saturated heterocycles. The molecule has 0 saturated carbocycles. The molecule has 0 aromatic heterocycles. The van der Waals surface area contributed by atoms with Crippen molar-refractivity contribution in [2.45, 2.75) is 23.5 Å². The van der Waals surface area contributed by atoms with Crippen LogP contribution >= 0.6 is 11.8 Å². The van der Waals surface area contributed by atoms with Gasteiger partial charge in [0, 0.05) is 10.6 Å². The van der Waals surface area contributed by atoms with E-state index < -0.39 is 30.6 Å². The predicted octanol–water partition coefficient (Wildman–Crippen LogP) is 3.22. The molecule has 0 aliphatic carbocycles. The summed E-state index contributed by atoms with van der Waals surface area (Å²) in [6.07, 6.45) is -3.91. The van der Waals surface area contributed by atoms with E-state index in [0.29, 0.717) is 17.7 Å². The maximum atomic E-state index is 13.2. The Labute approximate surface area is 117 Å². The van der Waals surface area contributed by atoms with E-state index in [1.807, 2.05) is 0 Å². The van der Waals surface area contributed by atoms with Crippen LogP contribution in [0.5, 0.6) is 0 Å². The van der Waals surface area contributed by atoms with Crippen molar-refractivity contribution in [3.8, 4) is 0 Å². The summed E-state index contributed by atoms with van der Waals surface area (Å²) in [6.45, 7) is -1.39. The number of alkyl halides is 3. The van der Waals surface area contributed by atoms with Crippen LogP contribution in [0.4, 0.5) is 22.4 Å². The minimum atomic E-state index is -4.45. The second-order valence-corrected chi connectivity index (χ2v) is 5.45. The first-order valence-electron chi connectivity index (χ1n) is 5.88. The molecule has 1 atom stereocenters. The van der Waals surface area contributed by atoms with E-state index in [4.69, 9.17) is 0 Å². The van der Waals surface area contributed by atoms with Crippen molar-refractivity contribution in [3.63, 3.8) is 0 Å². The van der Waals surface area contributed by atoms with Crippen molar-refractivity contribution in [2.24, 2.45) is 0 Å². The first-order valence-corrected chi connectivity index (χ1v) is 6.87. The van der Waals surface area contributed by atoms with Gasteiger partial charge >= 0.3 is 12.2 Å². The van der Waals surface area contributed by atoms with Crippen LogP contribution in [-0.4, -0.2) is 24.5 Å². The largest absolute Gasteiger partial charge is 0.405 e. The summed E-state index contributed by atoms with van der Waals surface area (Å²) in [5.74, 6) is 0.275. The van der Waals surface area contributed by atoms with Gasteiger partial charge in [-0.25, -0.2) is 9.18 Å². The fraction of sp³-hybridized carbons (Fsp3) is 0.417. The second kappa shape index (κ2) is 5.90. The summed E-state index contributed by atoms with van der Waals surface area (Å²) in [5, 5.41) is 4.18. The molecule has 0 radical (unpaired) electrons. The average molecular weight is 308 g/mol. The molecule has 1 aliphatic heterocycles. The van der Waals surface area contributed by atoms with Crippen molar-refractivity contribution in [1.29, 1.82) is 0 Å². The monoisotopic (exact) mass is 308 g/mol. The van der Waals surface area contributed by atoms with Gasteiger partial charge in [-0.1, -0.05) is 0 Å². The molecule has 0 fully saturated rings. The molecule has 3 nitrogen and oxygen atoms in total. The van der Waals surface area contributed by atoms with Crippen molar-refractivity contribution in [3.05, 3.63) is 29.6 Å². The van der Waals surface area contributed by atoms with Crippen LogP contribution in [0.25, 0.3) is 0 Å². The number of carbonyl (C=O) groups excluding carboxylic acids is 1. The number of carbonyl (C=O) groups is 1. The lowest BCUT2D eigenvalue weighted by Gasteiger charge is -2.26. The lowest BCUT2D eigenvalue weighted by molar-refractivity contribution is -0.122. The zero-order valence-corrected chi connectivity index (χ0v) is 11.1. The normalized spacial score (nSPS) is 18.3. The van der Waals surface area contributed by atoms with Crippen molar-refractivity contribution in [1.82, 2.24) is 10.6 Å². The van der Waals surface area contributed by atoms with E-state index in [2.05, 4.69) is 5.32 Å². The maximum Gasteiger partial charge on any atom is 0.405 e. The number of hydrogen-bond acceptors (Lipinski definition) is 2. The van der Waals surface area contributed by atoms with Gasteiger partial charge in [0.1, 0.15) is 12.4 Å². The highest BCUT2D eigenvalue weighted by molar-refractivity contribution is 7.99. The average Bonchev–Trinajstić information content (AvgIpc) is 2.36. The third kappa shape index (κ3) is 4.03. The Hall–Kier alpha value is -1.44. The Kier molecular flexibility index (Phi) is 4.42. The SMILES string of the molecule is O=C(NCC(F)(F)F)NC1CCSc2ccc(F)cc21. The molecule has 0 spiro atoms. The fourth-order valence-corrected chi connectivity index (χ4v) is 3.01. The molecule has 110 valence electrons. The van der Waals surface area contributed by atoms with Gasteiger partial charge < -0.3 is 10.6 Å². The molecule has 1 unspecified atom stereocenters. The standard InChI is InChI=1S/C12H12F4N2OS/c13-7-1-2-10-8(5-7)9(3-4-20-10)18-11(19)17-6-12(14,15)16/h1-2,5,9H,3-4,6H2,(H2,17,18,19). The molecule has 20 heavy (non-hydrogen) atoms. The summed E-state index contributed by atoms with van der Waals surface area (Å²) < 4.78 is 49.2. The lowest BCUT2D eigenvalue weighted by atomic mass is 10.0. The first-order chi connectivity index (χ1) is 9.35. The van der Waals surface area contributed by atoms with Crippen LogP contribution in [0.2, 0.25) is 0 Å². The van der Waals surface area contributed by atoms with Crippen LogP contribution in [0.1, 0.15) is 18.0 Å². The van der Waals surface area contributed by atoms with E-state index >= 15 is 0 Å². The Balaban J connectivity index is 2.01. The number of amides is 2. The van der Waals surface area contributed by atoms with Crippen LogP contribution in [-0.2, 0) is 0 Å². The van der Waals surface area contributed by atoms with Crippen LogP contribution in [0, 0.1) is 5.82 Å². The Morgan fingerprint density at radius 2 is 2.15 bits per heavy atom. The zero-order chi connectivity index (χ0) is 14.8. The zero-order valence-electron chi connectivity index (χ0n) is 10.3. The van der Waals surface area contributed by atoms with Crippen molar-refractivity contribution >= 4 is 17.8 Å². The van der Waals surface area contributed by atoms with Crippen molar-refractivity contribution < 1.29 is 22.4 Å². The number of rotatable bonds is 2. The third-order valence-corrected chi connectivity index (χ3v) is 3.89. The lowest BCUT2D eigenvalue weighted by Crippen LogP contribution is -2.42. The quantitative estimate of drug-likeness (QED) is 0.824. The molecule has 1 heterocycles. The summed E-state index contributed by atoms with van der Waals surface area (Å²) in [6, 6.07) is 2.84. The number of nitrogens with one attached hydrogen (secondary N) is 2. The molecular weight excluding hydrogens is 296 g/mol. The summed E-state index contributed by atoms with van der Waals surface area (Å²) in [4.78, 5) is 12.3.